The number of carbonyl (C=O) groups is 1. The maximum atomic E-state index is 12.6. The van der Waals surface area contributed by atoms with Crippen LogP contribution in [0.25, 0.3) is 0 Å². The molecule has 1 aliphatic carbocycles. The molecule has 3 heteroatoms. The first-order chi connectivity index (χ1) is 11.7. The van der Waals surface area contributed by atoms with Gasteiger partial charge in [-0.2, -0.15) is 0 Å². The van der Waals surface area contributed by atoms with Crippen LogP contribution >= 0.6 is 0 Å². The molecule has 1 aliphatic heterocycles. The predicted molar refractivity (Wildman–Crippen MR) is 96.9 cm³/mol. The van der Waals surface area contributed by atoms with Gasteiger partial charge in [0, 0.05) is 32.0 Å². The number of likely N-dealkylation sites (tertiary alicyclic amines) is 1. The Morgan fingerprint density at radius 3 is 2.79 bits per heavy atom. The highest BCUT2D eigenvalue weighted by atomic mass is 16.5. The molecule has 0 aromatic heterocycles. The van der Waals surface area contributed by atoms with Crippen LogP contribution in [0.3, 0.4) is 0 Å². The second-order valence-electron chi connectivity index (χ2n) is 7.59. The molecule has 3 rings (SSSR count). The van der Waals surface area contributed by atoms with Crippen LogP contribution in [-0.2, 0) is 16.0 Å². The fourth-order valence-electron chi connectivity index (χ4n) is 4.72. The first kappa shape index (κ1) is 17.5. The zero-order valence-corrected chi connectivity index (χ0v) is 15.0. The number of ether oxygens (including phenoxy) is 1. The van der Waals surface area contributed by atoms with Crippen molar-refractivity contribution in [3.05, 3.63) is 35.9 Å². The molecule has 2 atom stereocenters. The molecule has 0 N–H and O–H groups in total. The Hall–Kier alpha value is -1.35. The number of nitrogens with zero attached hydrogens (tertiary/aromatic N) is 1. The van der Waals surface area contributed by atoms with Crippen LogP contribution in [-0.4, -0.2) is 37.1 Å². The van der Waals surface area contributed by atoms with E-state index in [2.05, 4.69) is 35.2 Å². The van der Waals surface area contributed by atoms with Gasteiger partial charge in [0.2, 0.25) is 5.91 Å². The predicted octanol–water partition coefficient (Wildman–Crippen LogP) is 4.21. The van der Waals surface area contributed by atoms with Gasteiger partial charge in [-0.05, 0) is 50.5 Å². The first-order valence-electron chi connectivity index (χ1n) is 9.58. The highest BCUT2D eigenvalue weighted by Crippen LogP contribution is 2.46. The van der Waals surface area contributed by atoms with Crippen LogP contribution in [0.4, 0.5) is 0 Å². The molecule has 0 unspecified atom stereocenters. The summed E-state index contributed by atoms with van der Waals surface area (Å²) < 4.78 is 5.74. The number of carbonyl (C=O) groups excluding carboxylic acids is 1. The lowest BCUT2D eigenvalue weighted by atomic mass is 9.76. The number of methoxy groups -OCH3 is 1. The van der Waals surface area contributed by atoms with Crippen molar-refractivity contribution in [3.8, 4) is 0 Å². The Bertz CT molecular complexity index is 530. The lowest BCUT2D eigenvalue weighted by molar-refractivity contribution is -0.137. The van der Waals surface area contributed by atoms with Gasteiger partial charge in [0.25, 0.3) is 0 Å². The van der Waals surface area contributed by atoms with E-state index in [0.29, 0.717) is 18.4 Å². The van der Waals surface area contributed by atoms with Crippen molar-refractivity contribution in [1.29, 1.82) is 0 Å². The van der Waals surface area contributed by atoms with E-state index < -0.39 is 0 Å². The van der Waals surface area contributed by atoms with Crippen molar-refractivity contribution in [2.45, 2.75) is 63.9 Å². The Morgan fingerprint density at radius 1 is 1.21 bits per heavy atom. The van der Waals surface area contributed by atoms with Gasteiger partial charge in [-0.25, -0.2) is 0 Å². The normalized spacial score (nSPS) is 26.9. The molecule has 2 fully saturated rings. The van der Waals surface area contributed by atoms with Gasteiger partial charge < -0.3 is 9.64 Å². The minimum atomic E-state index is 0.243. The summed E-state index contributed by atoms with van der Waals surface area (Å²) in [6.07, 6.45) is 10.2. The topological polar surface area (TPSA) is 29.5 Å². The number of hydrogen-bond donors (Lipinski definition) is 0. The van der Waals surface area contributed by atoms with Gasteiger partial charge in [-0.3, -0.25) is 4.79 Å². The smallest absolute Gasteiger partial charge is 0.222 e. The third kappa shape index (κ3) is 4.00. The van der Waals surface area contributed by atoms with Crippen molar-refractivity contribution in [2.24, 2.45) is 5.41 Å². The Labute approximate surface area is 146 Å². The number of hydrogen-bond acceptors (Lipinski definition) is 2. The molecule has 132 valence electrons. The summed E-state index contributed by atoms with van der Waals surface area (Å²) >= 11 is 0. The first-order valence-corrected chi connectivity index (χ1v) is 9.58. The number of rotatable bonds is 6. The van der Waals surface area contributed by atoms with E-state index in [4.69, 9.17) is 4.74 Å². The van der Waals surface area contributed by atoms with E-state index in [0.717, 1.165) is 45.2 Å². The minimum Gasteiger partial charge on any atom is -0.381 e. The molecular formula is C21H31NO2. The van der Waals surface area contributed by atoms with Gasteiger partial charge in [0.05, 0.1) is 6.10 Å². The summed E-state index contributed by atoms with van der Waals surface area (Å²) in [6, 6.07) is 10.6. The van der Waals surface area contributed by atoms with Crippen molar-refractivity contribution in [3.63, 3.8) is 0 Å². The fraction of sp³-hybridized carbons (Fsp3) is 0.667. The number of unbranched alkanes of at least 4 members (excludes halogenated alkanes) is 1. The van der Waals surface area contributed by atoms with Crippen LogP contribution in [0.5, 0.6) is 0 Å². The van der Waals surface area contributed by atoms with Gasteiger partial charge in [-0.15, -0.1) is 0 Å². The number of benzene rings is 1. The molecule has 1 amide bonds. The molecule has 0 bridgehead atoms. The standard InChI is InChI=1S/C21H31NO2/c1-24-19-12-7-14-21(19)15-8-16-22(17-21)20(23)13-6-5-11-18-9-3-2-4-10-18/h2-4,9-10,19H,5-8,11-17H2,1H3/t19-,21+/m1/s1. The van der Waals surface area contributed by atoms with E-state index in [1.807, 2.05) is 7.11 Å². The lowest BCUT2D eigenvalue weighted by Crippen LogP contribution is -2.49. The van der Waals surface area contributed by atoms with E-state index in [1.165, 1.54) is 24.8 Å². The Balaban J connectivity index is 1.45. The SMILES string of the molecule is CO[C@@H]1CCC[C@@]12CCCN(C(=O)CCCCc1ccccc1)C2. The number of aryl methyl sites for hydroxylation is 1. The van der Waals surface area contributed by atoms with Crippen LogP contribution in [0.1, 0.15) is 56.9 Å². The summed E-state index contributed by atoms with van der Waals surface area (Å²) in [5, 5.41) is 0. The van der Waals surface area contributed by atoms with Gasteiger partial charge in [-0.1, -0.05) is 36.8 Å². The third-order valence-electron chi connectivity index (χ3n) is 6.02. The highest BCUT2D eigenvalue weighted by molar-refractivity contribution is 5.76. The molecule has 1 saturated heterocycles. The lowest BCUT2D eigenvalue weighted by Gasteiger charge is -2.43. The van der Waals surface area contributed by atoms with E-state index in [1.54, 1.807) is 0 Å². The molecule has 1 aromatic carbocycles. The van der Waals surface area contributed by atoms with Gasteiger partial charge >= 0.3 is 0 Å². The summed E-state index contributed by atoms with van der Waals surface area (Å²) in [7, 11) is 1.84. The molecule has 1 aromatic rings. The Kier molecular flexibility index (Phi) is 5.94. The maximum Gasteiger partial charge on any atom is 0.222 e. The second kappa shape index (κ2) is 8.15. The number of piperidine rings is 1. The summed E-state index contributed by atoms with van der Waals surface area (Å²) in [4.78, 5) is 14.8. The molecule has 0 radical (unpaired) electrons. The zero-order valence-electron chi connectivity index (χ0n) is 15.0. The highest BCUT2D eigenvalue weighted by Gasteiger charge is 2.46. The molecule has 24 heavy (non-hydrogen) atoms. The van der Waals surface area contributed by atoms with Crippen LogP contribution in [0.2, 0.25) is 0 Å². The van der Waals surface area contributed by atoms with E-state index >= 15 is 0 Å². The molecule has 1 spiro atoms. The summed E-state index contributed by atoms with van der Waals surface area (Å²) in [6.45, 7) is 1.86. The minimum absolute atomic E-state index is 0.243. The third-order valence-corrected chi connectivity index (χ3v) is 6.02. The monoisotopic (exact) mass is 329 g/mol. The quantitative estimate of drug-likeness (QED) is 0.732. The second-order valence-corrected chi connectivity index (χ2v) is 7.59. The van der Waals surface area contributed by atoms with Crippen molar-refractivity contribution < 1.29 is 9.53 Å². The van der Waals surface area contributed by atoms with Crippen molar-refractivity contribution >= 4 is 5.91 Å². The molecule has 2 aliphatic rings. The zero-order chi connectivity index (χ0) is 16.8. The van der Waals surface area contributed by atoms with Crippen LogP contribution < -0.4 is 0 Å². The van der Waals surface area contributed by atoms with E-state index in [-0.39, 0.29) is 5.41 Å². The molecule has 1 saturated carbocycles. The Morgan fingerprint density at radius 2 is 2.00 bits per heavy atom. The largest absolute Gasteiger partial charge is 0.381 e. The average molecular weight is 329 g/mol. The fourth-order valence-corrected chi connectivity index (χ4v) is 4.72. The number of amides is 1. The van der Waals surface area contributed by atoms with Crippen LogP contribution in [0.15, 0.2) is 30.3 Å². The summed E-state index contributed by atoms with van der Waals surface area (Å²) in [5.41, 5.74) is 1.61. The average Bonchev–Trinajstić information content (AvgIpc) is 3.01. The van der Waals surface area contributed by atoms with Gasteiger partial charge in [0.1, 0.15) is 0 Å². The summed E-state index contributed by atoms with van der Waals surface area (Å²) in [5.74, 6) is 0.351. The van der Waals surface area contributed by atoms with Crippen molar-refractivity contribution in [1.82, 2.24) is 4.90 Å². The molecule has 3 nitrogen and oxygen atoms in total. The molecular weight excluding hydrogens is 298 g/mol. The molecule has 1 heterocycles. The van der Waals surface area contributed by atoms with E-state index in [9.17, 15) is 4.79 Å². The van der Waals surface area contributed by atoms with Gasteiger partial charge in [0.15, 0.2) is 0 Å². The van der Waals surface area contributed by atoms with Crippen molar-refractivity contribution in [2.75, 3.05) is 20.2 Å². The maximum absolute atomic E-state index is 12.6. The van der Waals surface area contributed by atoms with Crippen LogP contribution in [0, 0.1) is 5.41 Å².